The van der Waals surface area contributed by atoms with Crippen molar-refractivity contribution in [1.29, 1.82) is 0 Å². The van der Waals surface area contributed by atoms with Gasteiger partial charge >= 0.3 is 0 Å². The molecule has 0 N–H and O–H groups in total. The number of hydrogen-bond acceptors (Lipinski definition) is 7. The van der Waals surface area contributed by atoms with Gasteiger partial charge in [-0.05, 0) is 32.9 Å². The van der Waals surface area contributed by atoms with Crippen molar-refractivity contribution in [2.75, 3.05) is 26.2 Å². The van der Waals surface area contributed by atoms with E-state index in [1.54, 1.807) is 31.2 Å². The Bertz CT molecular complexity index is 1210. The van der Waals surface area contributed by atoms with E-state index in [9.17, 15) is 13.2 Å². The SMILES string of the molecule is Cc1ccc(S(=O)(=O)N2CCN(Cn3nc(C)c4c(C)onc4c3=O)CC2)cc1. The summed E-state index contributed by atoms with van der Waals surface area (Å²) in [5.41, 5.74) is 1.66. The number of aryl methyl sites for hydroxylation is 3. The molecule has 154 valence electrons. The summed E-state index contributed by atoms with van der Waals surface area (Å²) in [6.07, 6.45) is 0. The van der Waals surface area contributed by atoms with Crippen LogP contribution in [0.25, 0.3) is 10.9 Å². The molecule has 0 radical (unpaired) electrons. The molecule has 0 unspecified atom stereocenters. The zero-order valence-electron chi connectivity index (χ0n) is 16.6. The second-order valence-corrected chi connectivity index (χ2v) is 9.27. The third-order valence-corrected chi connectivity index (χ3v) is 7.17. The van der Waals surface area contributed by atoms with Crippen molar-refractivity contribution in [3.63, 3.8) is 0 Å². The first-order chi connectivity index (χ1) is 13.8. The summed E-state index contributed by atoms with van der Waals surface area (Å²) >= 11 is 0. The lowest BCUT2D eigenvalue weighted by Gasteiger charge is -2.33. The van der Waals surface area contributed by atoms with E-state index < -0.39 is 10.0 Å². The number of fused-ring (bicyclic) bond motifs is 1. The van der Waals surface area contributed by atoms with Gasteiger partial charge in [-0.25, -0.2) is 13.1 Å². The van der Waals surface area contributed by atoms with E-state index in [4.69, 9.17) is 4.52 Å². The summed E-state index contributed by atoms with van der Waals surface area (Å²) in [7, 11) is -3.52. The zero-order valence-corrected chi connectivity index (χ0v) is 17.4. The van der Waals surface area contributed by atoms with E-state index in [1.165, 1.54) is 8.99 Å². The highest BCUT2D eigenvalue weighted by Gasteiger charge is 2.29. The van der Waals surface area contributed by atoms with E-state index in [1.807, 2.05) is 18.7 Å². The zero-order chi connectivity index (χ0) is 20.8. The minimum Gasteiger partial charge on any atom is -0.360 e. The van der Waals surface area contributed by atoms with Gasteiger partial charge in [0, 0.05) is 26.2 Å². The van der Waals surface area contributed by atoms with E-state index in [0.717, 1.165) is 5.56 Å². The fraction of sp³-hybridized carbons (Fsp3) is 0.421. The van der Waals surface area contributed by atoms with Crippen molar-refractivity contribution in [2.24, 2.45) is 0 Å². The van der Waals surface area contributed by atoms with E-state index in [0.29, 0.717) is 47.9 Å². The van der Waals surface area contributed by atoms with Crippen molar-refractivity contribution >= 4 is 20.9 Å². The minimum absolute atomic E-state index is 0.274. The van der Waals surface area contributed by atoms with Gasteiger partial charge in [0.05, 0.1) is 22.6 Å². The van der Waals surface area contributed by atoms with Gasteiger partial charge in [-0.3, -0.25) is 9.69 Å². The van der Waals surface area contributed by atoms with Gasteiger partial charge in [0.15, 0.2) is 5.52 Å². The van der Waals surface area contributed by atoms with Crippen LogP contribution in [-0.2, 0) is 16.7 Å². The highest BCUT2D eigenvalue weighted by atomic mass is 32.2. The van der Waals surface area contributed by atoms with Crippen molar-refractivity contribution < 1.29 is 12.9 Å². The van der Waals surface area contributed by atoms with Crippen LogP contribution in [0.15, 0.2) is 38.5 Å². The third kappa shape index (κ3) is 3.59. The molecule has 4 rings (SSSR count). The molecule has 0 bridgehead atoms. The van der Waals surface area contributed by atoms with Crippen molar-refractivity contribution in [3.05, 3.63) is 51.6 Å². The average Bonchev–Trinajstić information content (AvgIpc) is 3.09. The molecule has 3 heterocycles. The first-order valence-corrected chi connectivity index (χ1v) is 10.8. The van der Waals surface area contributed by atoms with Crippen LogP contribution in [0.5, 0.6) is 0 Å². The van der Waals surface area contributed by atoms with Crippen molar-refractivity contribution in [1.82, 2.24) is 24.1 Å². The molecule has 0 saturated carbocycles. The van der Waals surface area contributed by atoms with E-state index >= 15 is 0 Å². The second kappa shape index (κ2) is 7.36. The van der Waals surface area contributed by atoms with Gasteiger partial charge in [0.1, 0.15) is 5.76 Å². The van der Waals surface area contributed by atoms with Crippen molar-refractivity contribution in [2.45, 2.75) is 32.3 Å². The Morgan fingerprint density at radius 1 is 1.03 bits per heavy atom. The lowest BCUT2D eigenvalue weighted by Crippen LogP contribution is -2.49. The quantitative estimate of drug-likeness (QED) is 0.630. The number of piperazine rings is 1. The van der Waals surface area contributed by atoms with Gasteiger partial charge in [0.25, 0.3) is 5.56 Å². The topological polar surface area (TPSA) is 102 Å². The molecule has 10 heteroatoms. The third-order valence-electron chi connectivity index (χ3n) is 5.26. The fourth-order valence-corrected chi connectivity index (χ4v) is 5.02. The molecular formula is C19H23N5O4S. The standard InChI is InChI=1S/C19H23N5O4S/c1-13-4-6-16(7-5-13)29(26,27)23-10-8-22(9-11-23)12-24-19(25)18-17(14(2)20-24)15(3)28-21-18/h4-7H,8-12H2,1-3H3. The van der Waals surface area contributed by atoms with Crippen LogP contribution in [0.1, 0.15) is 17.0 Å². The van der Waals surface area contributed by atoms with Crippen LogP contribution in [0.2, 0.25) is 0 Å². The lowest BCUT2D eigenvalue weighted by molar-refractivity contribution is 0.143. The molecule has 0 spiro atoms. The average molecular weight is 417 g/mol. The molecule has 9 nitrogen and oxygen atoms in total. The Kier molecular flexibility index (Phi) is 5.01. The van der Waals surface area contributed by atoms with Gasteiger partial charge in [-0.1, -0.05) is 22.9 Å². The maximum Gasteiger partial charge on any atom is 0.298 e. The number of sulfonamides is 1. The molecule has 1 fully saturated rings. The molecule has 29 heavy (non-hydrogen) atoms. The number of aromatic nitrogens is 3. The molecule has 1 aliphatic rings. The largest absolute Gasteiger partial charge is 0.360 e. The summed E-state index contributed by atoms with van der Waals surface area (Å²) in [5.74, 6) is 0.573. The summed E-state index contributed by atoms with van der Waals surface area (Å²) in [4.78, 5) is 15.0. The smallest absolute Gasteiger partial charge is 0.298 e. The minimum atomic E-state index is -3.52. The summed E-state index contributed by atoms with van der Waals surface area (Å²) in [5, 5.41) is 8.90. The number of rotatable bonds is 4. The maximum absolute atomic E-state index is 12.8. The highest BCUT2D eigenvalue weighted by molar-refractivity contribution is 7.89. The monoisotopic (exact) mass is 417 g/mol. The Hall–Kier alpha value is -2.56. The fourth-order valence-electron chi connectivity index (χ4n) is 3.60. The van der Waals surface area contributed by atoms with Gasteiger partial charge in [-0.2, -0.15) is 9.40 Å². The predicted octanol–water partition coefficient (Wildman–Crippen LogP) is 1.27. The van der Waals surface area contributed by atoms with E-state index in [2.05, 4.69) is 10.3 Å². The normalized spacial score (nSPS) is 16.5. The molecule has 0 amide bonds. The first-order valence-electron chi connectivity index (χ1n) is 9.40. The molecule has 0 atom stereocenters. The van der Waals surface area contributed by atoms with Crippen LogP contribution in [-0.4, -0.2) is 58.7 Å². The Labute approximate surface area is 168 Å². The summed E-state index contributed by atoms with van der Waals surface area (Å²) < 4.78 is 33.6. The van der Waals surface area contributed by atoms with E-state index in [-0.39, 0.29) is 17.7 Å². The molecule has 1 aliphatic heterocycles. The Balaban J connectivity index is 1.48. The van der Waals surface area contributed by atoms with Crippen LogP contribution in [0.4, 0.5) is 0 Å². The molecule has 1 aromatic carbocycles. The van der Waals surface area contributed by atoms with Crippen LogP contribution in [0.3, 0.4) is 0 Å². The summed E-state index contributed by atoms with van der Waals surface area (Å²) in [6.45, 7) is 7.49. The number of hydrogen-bond donors (Lipinski definition) is 0. The maximum atomic E-state index is 12.8. The number of nitrogens with zero attached hydrogens (tertiary/aromatic N) is 5. The van der Waals surface area contributed by atoms with Gasteiger partial charge in [-0.15, -0.1) is 0 Å². The van der Waals surface area contributed by atoms with Crippen LogP contribution >= 0.6 is 0 Å². The predicted molar refractivity (Wildman–Crippen MR) is 107 cm³/mol. The molecule has 0 aliphatic carbocycles. The first kappa shape index (κ1) is 19.7. The molecule has 2 aromatic heterocycles. The molecule has 3 aromatic rings. The highest BCUT2D eigenvalue weighted by Crippen LogP contribution is 2.19. The molecule has 1 saturated heterocycles. The van der Waals surface area contributed by atoms with Gasteiger partial charge < -0.3 is 4.52 Å². The lowest BCUT2D eigenvalue weighted by atomic mass is 10.2. The molecular weight excluding hydrogens is 394 g/mol. The Morgan fingerprint density at radius 3 is 2.34 bits per heavy atom. The van der Waals surface area contributed by atoms with Crippen LogP contribution in [0, 0.1) is 20.8 Å². The van der Waals surface area contributed by atoms with Gasteiger partial charge in [0.2, 0.25) is 10.0 Å². The summed E-state index contributed by atoms with van der Waals surface area (Å²) in [6, 6.07) is 6.87. The second-order valence-electron chi connectivity index (χ2n) is 7.33. The van der Waals surface area contributed by atoms with Crippen molar-refractivity contribution in [3.8, 4) is 0 Å². The number of benzene rings is 1. The Morgan fingerprint density at radius 2 is 1.69 bits per heavy atom. The van der Waals surface area contributed by atoms with Crippen LogP contribution < -0.4 is 5.56 Å².